The molecule has 0 spiro atoms. The summed E-state index contributed by atoms with van der Waals surface area (Å²) in [4.78, 5) is 4.90. The zero-order chi connectivity index (χ0) is 49.1. The van der Waals surface area contributed by atoms with Crippen molar-refractivity contribution >= 4 is 70.9 Å². The number of benzene rings is 9. The Hall–Kier alpha value is -8.82. The van der Waals surface area contributed by atoms with Crippen molar-refractivity contribution in [1.82, 2.24) is 23.1 Å². The molecule has 0 bridgehead atoms. The van der Waals surface area contributed by atoms with Crippen molar-refractivity contribution in [3.05, 3.63) is 227 Å². The van der Waals surface area contributed by atoms with E-state index in [0.29, 0.717) is 17.1 Å². The van der Waals surface area contributed by atoms with Crippen molar-refractivity contribution in [2.45, 2.75) is 26.2 Å². The minimum absolute atomic E-state index is 0.227. The van der Waals surface area contributed by atoms with Crippen molar-refractivity contribution in [3.8, 4) is 57.0 Å². The van der Waals surface area contributed by atoms with Crippen LogP contribution in [-0.4, -0.2) is 23.1 Å². The molecule has 0 atom stereocenters. The number of para-hydroxylation sites is 4. The van der Waals surface area contributed by atoms with Crippen LogP contribution in [0.2, 0.25) is 0 Å². The average molecular weight is 1120 g/mol. The van der Waals surface area contributed by atoms with Gasteiger partial charge in [0, 0.05) is 27.7 Å². The Morgan fingerprint density at radius 1 is 0.521 bits per heavy atom. The molecule has 0 saturated heterocycles. The SMILES string of the molecule is CC(C)(C)c1cc(Oc2[c-]c3c(cc2)c2cc4c5cc(C#N)cc6c7ccccc7n(c4cc2n3-c2ccccn2)c65)[c-]c(-n2[c](=[Pt])n(-c3c(-c4ccccc4)cccc3-c3ccccc3)c3ccccc32)c1. The molecule has 0 N–H and O–H groups in total. The normalized spacial score (nSPS) is 12.1. The second-order valence-electron chi connectivity index (χ2n) is 19.7. The third-order valence-electron chi connectivity index (χ3n) is 14.4. The summed E-state index contributed by atoms with van der Waals surface area (Å²) in [7, 11) is 0. The Morgan fingerprint density at radius 2 is 1.16 bits per heavy atom. The maximum atomic E-state index is 10.2. The zero-order valence-corrected chi connectivity index (χ0v) is 42.2. The molecule has 0 amide bonds. The molecule has 0 saturated carbocycles. The molecule has 5 heterocycles. The molecule has 0 aliphatic heterocycles. The van der Waals surface area contributed by atoms with Gasteiger partial charge in [0.2, 0.25) is 0 Å². The molecule has 7 nitrogen and oxygen atoms in total. The number of nitriles is 1. The van der Waals surface area contributed by atoms with E-state index in [-0.39, 0.29) is 5.41 Å². The molecule has 0 radical (unpaired) electrons. The first kappa shape index (κ1) is 43.0. The van der Waals surface area contributed by atoms with E-state index in [0.717, 1.165) is 120 Å². The van der Waals surface area contributed by atoms with Gasteiger partial charge in [-0.05, 0) is 24.3 Å². The van der Waals surface area contributed by atoms with E-state index in [4.69, 9.17) is 9.72 Å². The standard InChI is InChI=1S/C65H42N6O.Pt/c1-65(2,3)44-33-45(68-40-69(58-26-13-12-25-57(58)68)63-48(42-17-6-4-7-18-42)22-16-23-49(63)43-19-8-5-9-20-43)35-47(34-44)72-46-28-29-51-52-37-53-55-32-41(39-66)31-54-50-21-10-11-24-56(50)71(64(54)55)61(53)38-60(52)70(59(51)36-46)62-27-14-15-30-67-62;/h4-34,37-38H,1-3H3;/q-2;. The minimum atomic E-state index is -0.227. The predicted octanol–water partition coefficient (Wildman–Crippen LogP) is 16.0. The second kappa shape index (κ2) is 16.4. The molecular weight excluding hydrogens is 1080 g/mol. The van der Waals surface area contributed by atoms with Gasteiger partial charge in [-0.1, -0.05) is 24.3 Å². The van der Waals surface area contributed by atoms with Crippen LogP contribution in [-0.2, 0) is 24.8 Å². The Morgan fingerprint density at radius 3 is 1.85 bits per heavy atom. The fourth-order valence-electron chi connectivity index (χ4n) is 11.1. The van der Waals surface area contributed by atoms with Crippen molar-refractivity contribution in [2.24, 2.45) is 0 Å². The van der Waals surface area contributed by atoms with Gasteiger partial charge in [-0.15, -0.1) is 0 Å². The van der Waals surface area contributed by atoms with Crippen molar-refractivity contribution < 1.29 is 24.1 Å². The summed E-state index contributed by atoms with van der Waals surface area (Å²) in [6.07, 6.45) is 1.83. The van der Waals surface area contributed by atoms with Crippen LogP contribution < -0.4 is 4.74 Å². The molecule has 73 heavy (non-hydrogen) atoms. The molecule has 0 unspecified atom stereocenters. The first-order valence-corrected chi connectivity index (χ1v) is 25.5. The molecule has 5 aromatic heterocycles. The Balaban J connectivity index is 0.962. The van der Waals surface area contributed by atoms with E-state index in [2.05, 4.69) is 234 Å². The molecule has 0 aliphatic carbocycles. The van der Waals surface area contributed by atoms with Crippen molar-refractivity contribution in [2.75, 3.05) is 0 Å². The van der Waals surface area contributed by atoms with E-state index in [1.54, 1.807) is 0 Å². The zero-order valence-electron chi connectivity index (χ0n) is 40.0. The summed E-state index contributed by atoms with van der Waals surface area (Å²) in [6, 6.07) is 78.0. The van der Waals surface area contributed by atoms with E-state index < -0.39 is 0 Å². The number of pyridine rings is 1. The van der Waals surface area contributed by atoms with Gasteiger partial charge in [0.1, 0.15) is 0 Å². The molecule has 8 heteroatoms. The quantitative estimate of drug-likeness (QED) is 0.149. The summed E-state index contributed by atoms with van der Waals surface area (Å²) in [6.45, 7) is 6.71. The van der Waals surface area contributed by atoms with Gasteiger partial charge >= 0.3 is 320 Å². The van der Waals surface area contributed by atoms with Crippen molar-refractivity contribution in [3.63, 3.8) is 0 Å². The van der Waals surface area contributed by atoms with Crippen LogP contribution >= 0.6 is 0 Å². The van der Waals surface area contributed by atoms with Crippen LogP contribution in [0.1, 0.15) is 31.9 Å². The van der Waals surface area contributed by atoms with Gasteiger partial charge < -0.3 is 4.40 Å². The van der Waals surface area contributed by atoms with E-state index in [1.165, 1.54) is 0 Å². The van der Waals surface area contributed by atoms with Gasteiger partial charge in [0.05, 0.1) is 28.2 Å². The number of ether oxygens (including phenoxy) is 1. The van der Waals surface area contributed by atoms with E-state index in [9.17, 15) is 5.26 Å². The van der Waals surface area contributed by atoms with E-state index in [1.807, 2.05) is 42.6 Å². The van der Waals surface area contributed by atoms with Crippen LogP contribution in [0.15, 0.2) is 200 Å². The topological polar surface area (TPSA) is 65.1 Å². The van der Waals surface area contributed by atoms with Crippen LogP contribution in [0.3, 0.4) is 0 Å². The third kappa shape index (κ3) is 6.68. The first-order chi connectivity index (χ1) is 35.7. The number of hydrogen-bond donors (Lipinski definition) is 0. The van der Waals surface area contributed by atoms with Crippen LogP contribution in [0.25, 0.3) is 110 Å². The Kier molecular flexibility index (Phi) is 9.64. The number of fused-ring (bicyclic) bond motifs is 10. The van der Waals surface area contributed by atoms with Crippen molar-refractivity contribution in [1.29, 1.82) is 5.26 Å². The molecule has 14 rings (SSSR count). The van der Waals surface area contributed by atoms with E-state index >= 15 is 0 Å². The van der Waals surface area contributed by atoms with Gasteiger partial charge in [0.15, 0.2) is 0 Å². The first-order valence-electron chi connectivity index (χ1n) is 24.3. The average Bonchev–Trinajstić information content (AvgIpc) is 4.13. The second-order valence-corrected chi connectivity index (χ2v) is 20.7. The number of nitrogens with zero attached hydrogens (tertiary/aromatic N) is 6. The van der Waals surface area contributed by atoms with Gasteiger partial charge in [-0.2, -0.15) is 5.26 Å². The number of rotatable bonds is 7. The monoisotopic (exact) mass is 1120 g/mol. The third-order valence-corrected chi connectivity index (χ3v) is 15.4. The summed E-state index contributed by atoms with van der Waals surface area (Å²) in [5.41, 5.74) is 15.3. The molecule has 9 aromatic carbocycles. The Labute approximate surface area is 431 Å². The molecular formula is C65H42N6OPt-2. The predicted molar refractivity (Wildman–Crippen MR) is 291 cm³/mol. The fraction of sp³-hybridized carbons (Fsp3) is 0.0615. The Bertz CT molecular complexity index is 4590. The van der Waals surface area contributed by atoms with Crippen LogP contribution in [0.5, 0.6) is 11.5 Å². The summed E-state index contributed by atoms with van der Waals surface area (Å²) >= 11 is 2.50. The van der Waals surface area contributed by atoms with Gasteiger partial charge in [-0.25, -0.2) is 0 Å². The van der Waals surface area contributed by atoms with Gasteiger partial charge in [-0.3, -0.25) is 0 Å². The molecule has 0 aliphatic rings. The van der Waals surface area contributed by atoms with Gasteiger partial charge in [0.25, 0.3) is 0 Å². The van der Waals surface area contributed by atoms with Crippen LogP contribution in [0.4, 0.5) is 0 Å². The molecule has 350 valence electrons. The summed E-state index contributed by atoms with van der Waals surface area (Å²) < 4.78 is 17.2. The number of aromatic nitrogens is 5. The summed E-state index contributed by atoms with van der Waals surface area (Å²) in [5.74, 6) is 1.92. The summed E-state index contributed by atoms with van der Waals surface area (Å²) in [5, 5.41) is 16.6. The van der Waals surface area contributed by atoms with Crippen LogP contribution in [0, 0.1) is 27.3 Å². The number of hydrogen-bond acceptors (Lipinski definition) is 3. The number of imidazole rings is 1. The molecule has 0 fully saturated rings. The fourth-order valence-corrected chi connectivity index (χ4v) is 12.1. The maximum absolute atomic E-state index is 10.2. The molecule has 14 aromatic rings.